The van der Waals surface area contributed by atoms with Crippen LogP contribution in [0.3, 0.4) is 0 Å². The SMILES string of the molecule is CCOC(=O)CC(C)(CC)C(=O)Oc1ccc(/C=C/C(=O)OC)cc1. The number of methoxy groups -OCH3 is 1. The lowest BCUT2D eigenvalue weighted by atomic mass is 9.84. The van der Waals surface area contributed by atoms with Gasteiger partial charge in [-0.25, -0.2) is 4.79 Å². The Balaban J connectivity index is 2.76. The lowest BCUT2D eigenvalue weighted by molar-refractivity contribution is -0.155. The monoisotopic (exact) mass is 348 g/mol. The van der Waals surface area contributed by atoms with Crippen molar-refractivity contribution < 1.29 is 28.6 Å². The normalized spacial score (nSPS) is 13.1. The van der Waals surface area contributed by atoms with Crippen LogP contribution in [0.25, 0.3) is 6.08 Å². The maximum absolute atomic E-state index is 12.4. The predicted octanol–water partition coefficient (Wildman–Crippen LogP) is 3.15. The Bertz CT molecular complexity index is 632. The Hall–Kier alpha value is -2.63. The number of hydrogen-bond acceptors (Lipinski definition) is 6. The van der Waals surface area contributed by atoms with Gasteiger partial charge in [0.2, 0.25) is 0 Å². The Labute approximate surface area is 147 Å². The van der Waals surface area contributed by atoms with Crippen molar-refractivity contribution in [1.29, 1.82) is 0 Å². The summed E-state index contributed by atoms with van der Waals surface area (Å²) >= 11 is 0. The molecule has 0 saturated carbocycles. The lowest BCUT2D eigenvalue weighted by Crippen LogP contribution is -2.34. The average Bonchev–Trinajstić information content (AvgIpc) is 2.60. The van der Waals surface area contributed by atoms with Gasteiger partial charge in [-0.1, -0.05) is 19.1 Å². The van der Waals surface area contributed by atoms with Crippen molar-refractivity contribution in [3.05, 3.63) is 35.9 Å². The van der Waals surface area contributed by atoms with Crippen LogP contribution in [0.15, 0.2) is 30.3 Å². The van der Waals surface area contributed by atoms with Gasteiger partial charge in [0, 0.05) is 6.08 Å². The molecule has 0 N–H and O–H groups in total. The second-order valence-electron chi connectivity index (χ2n) is 5.71. The number of rotatable bonds is 8. The Morgan fingerprint density at radius 2 is 1.76 bits per heavy atom. The first-order valence-corrected chi connectivity index (χ1v) is 8.08. The summed E-state index contributed by atoms with van der Waals surface area (Å²) in [6, 6.07) is 6.65. The first-order valence-electron chi connectivity index (χ1n) is 8.08. The van der Waals surface area contributed by atoms with E-state index in [1.807, 2.05) is 6.92 Å². The van der Waals surface area contributed by atoms with E-state index in [2.05, 4.69) is 4.74 Å². The molecule has 0 aliphatic rings. The summed E-state index contributed by atoms with van der Waals surface area (Å²) in [4.78, 5) is 35.2. The van der Waals surface area contributed by atoms with Crippen LogP contribution >= 0.6 is 0 Å². The van der Waals surface area contributed by atoms with Crippen molar-refractivity contribution in [2.45, 2.75) is 33.6 Å². The maximum atomic E-state index is 12.4. The molecule has 6 heteroatoms. The minimum atomic E-state index is -0.949. The van der Waals surface area contributed by atoms with Crippen molar-refractivity contribution in [3.63, 3.8) is 0 Å². The topological polar surface area (TPSA) is 78.9 Å². The van der Waals surface area contributed by atoms with Crippen LogP contribution in [0.2, 0.25) is 0 Å². The Morgan fingerprint density at radius 1 is 1.12 bits per heavy atom. The highest BCUT2D eigenvalue weighted by Crippen LogP contribution is 2.29. The third-order valence-corrected chi connectivity index (χ3v) is 3.82. The quantitative estimate of drug-likeness (QED) is 0.408. The molecule has 0 spiro atoms. The van der Waals surface area contributed by atoms with Gasteiger partial charge in [0.25, 0.3) is 0 Å². The van der Waals surface area contributed by atoms with E-state index in [1.54, 1.807) is 44.2 Å². The van der Waals surface area contributed by atoms with Crippen LogP contribution in [0.4, 0.5) is 0 Å². The van der Waals surface area contributed by atoms with E-state index >= 15 is 0 Å². The van der Waals surface area contributed by atoms with Crippen molar-refractivity contribution in [1.82, 2.24) is 0 Å². The Kier molecular flexibility index (Phi) is 7.85. The van der Waals surface area contributed by atoms with Crippen LogP contribution in [-0.2, 0) is 23.9 Å². The molecule has 6 nitrogen and oxygen atoms in total. The molecule has 0 fully saturated rings. The first kappa shape index (κ1) is 20.4. The molecule has 1 atom stereocenters. The van der Waals surface area contributed by atoms with Gasteiger partial charge in [-0.2, -0.15) is 0 Å². The standard InChI is InChI=1S/C19H24O6/c1-5-19(3,13-17(21)24-6-2)18(22)25-15-10-7-14(8-11-15)9-12-16(20)23-4/h7-12H,5-6,13H2,1-4H3/b12-9+. The molecule has 1 rings (SSSR count). The van der Waals surface area contributed by atoms with Gasteiger partial charge in [0.1, 0.15) is 5.75 Å². The number of benzene rings is 1. The van der Waals surface area contributed by atoms with Gasteiger partial charge in [0.15, 0.2) is 0 Å². The maximum Gasteiger partial charge on any atom is 0.330 e. The van der Waals surface area contributed by atoms with Crippen LogP contribution in [0.5, 0.6) is 5.75 Å². The molecule has 25 heavy (non-hydrogen) atoms. The van der Waals surface area contributed by atoms with E-state index < -0.39 is 23.3 Å². The molecule has 0 radical (unpaired) electrons. The van der Waals surface area contributed by atoms with Crippen molar-refractivity contribution in [3.8, 4) is 5.75 Å². The largest absolute Gasteiger partial charge is 0.466 e. The average molecular weight is 348 g/mol. The molecule has 0 aliphatic carbocycles. The third-order valence-electron chi connectivity index (χ3n) is 3.82. The summed E-state index contributed by atoms with van der Waals surface area (Å²) in [5.74, 6) is -0.995. The van der Waals surface area contributed by atoms with Gasteiger partial charge >= 0.3 is 17.9 Å². The third kappa shape index (κ3) is 6.41. The zero-order valence-electron chi connectivity index (χ0n) is 15.0. The minimum absolute atomic E-state index is 0.0316. The van der Waals surface area contributed by atoms with Crippen LogP contribution in [0.1, 0.15) is 39.2 Å². The molecule has 0 saturated heterocycles. The van der Waals surface area contributed by atoms with Gasteiger partial charge < -0.3 is 14.2 Å². The molecule has 0 bridgehead atoms. The van der Waals surface area contributed by atoms with Gasteiger partial charge in [0.05, 0.1) is 25.6 Å². The summed E-state index contributed by atoms with van der Waals surface area (Å²) in [6.07, 6.45) is 3.31. The molecule has 136 valence electrons. The number of esters is 3. The second kappa shape index (κ2) is 9.61. The van der Waals surface area contributed by atoms with Crippen molar-refractivity contribution in [2.24, 2.45) is 5.41 Å². The summed E-state index contributed by atoms with van der Waals surface area (Å²) in [5.41, 5.74) is -0.189. The fraction of sp³-hybridized carbons (Fsp3) is 0.421. The smallest absolute Gasteiger partial charge is 0.330 e. The van der Waals surface area contributed by atoms with E-state index in [1.165, 1.54) is 13.2 Å². The summed E-state index contributed by atoms with van der Waals surface area (Å²) in [6.45, 7) is 5.49. The fourth-order valence-electron chi connectivity index (χ4n) is 1.98. The van der Waals surface area contributed by atoms with Gasteiger partial charge in [-0.15, -0.1) is 0 Å². The number of hydrogen-bond donors (Lipinski definition) is 0. The van der Waals surface area contributed by atoms with Crippen LogP contribution in [0, 0.1) is 5.41 Å². The van der Waals surface area contributed by atoms with E-state index in [4.69, 9.17) is 9.47 Å². The molecular weight excluding hydrogens is 324 g/mol. The highest BCUT2D eigenvalue weighted by molar-refractivity contribution is 5.87. The predicted molar refractivity (Wildman–Crippen MR) is 92.8 cm³/mol. The second-order valence-corrected chi connectivity index (χ2v) is 5.71. The highest BCUT2D eigenvalue weighted by atomic mass is 16.5. The van der Waals surface area contributed by atoms with E-state index in [9.17, 15) is 14.4 Å². The first-order chi connectivity index (χ1) is 11.8. The van der Waals surface area contributed by atoms with E-state index in [0.717, 1.165) is 5.56 Å². The molecular formula is C19H24O6. The minimum Gasteiger partial charge on any atom is -0.466 e. The number of carbonyl (C=O) groups is 3. The molecule has 0 aromatic heterocycles. The molecule has 1 unspecified atom stereocenters. The molecule has 1 aromatic carbocycles. The summed E-state index contributed by atoms with van der Waals surface area (Å²) in [7, 11) is 1.30. The Morgan fingerprint density at radius 3 is 2.28 bits per heavy atom. The molecule has 0 aliphatic heterocycles. The van der Waals surface area contributed by atoms with Crippen molar-refractivity contribution >= 4 is 24.0 Å². The number of carbonyl (C=O) groups excluding carboxylic acids is 3. The highest BCUT2D eigenvalue weighted by Gasteiger charge is 2.36. The summed E-state index contributed by atoms with van der Waals surface area (Å²) in [5, 5.41) is 0. The van der Waals surface area contributed by atoms with Crippen LogP contribution < -0.4 is 4.74 Å². The molecule has 1 aromatic rings. The zero-order chi connectivity index (χ0) is 18.9. The van der Waals surface area contributed by atoms with Gasteiger partial charge in [-0.3, -0.25) is 9.59 Å². The van der Waals surface area contributed by atoms with Crippen LogP contribution in [-0.4, -0.2) is 31.6 Å². The molecule has 0 heterocycles. The van der Waals surface area contributed by atoms with E-state index in [-0.39, 0.29) is 13.0 Å². The molecule has 0 amide bonds. The lowest BCUT2D eigenvalue weighted by Gasteiger charge is -2.24. The fourth-order valence-corrected chi connectivity index (χ4v) is 1.98. The number of ether oxygens (including phenoxy) is 3. The van der Waals surface area contributed by atoms with Crippen molar-refractivity contribution in [2.75, 3.05) is 13.7 Å². The van der Waals surface area contributed by atoms with E-state index in [0.29, 0.717) is 12.2 Å². The zero-order valence-corrected chi connectivity index (χ0v) is 15.0. The van der Waals surface area contributed by atoms with Gasteiger partial charge in [-0.05, 0) is 44.0 Å². The summed E-state index contributed by atoms with van der Waals surface area (Å²) < 4.78 is 14.8.